The molecule has 0 spiro atoms. The van der Waals surface area contributed by atoms with Crippen LogP contribution in [0.15, 0.2) is 102 Å². The van der Waals surface area contributed by atoms with Crippen molar-refractivity contribution in [3.63, 3.8) is 0 Å². The van der Waals surface area contributed by atoms with Gasteiger partial charge in [-0.3, -0.25) is 0 Å². The molecule has 0 aliphatic heterocycles. The molecule has 10 rings (SSSR count). The van der Waals surface area contributed by atoms with Crippen LogP contribution in [-0.2, 0) is 26.5 Å². The molecule has 0 amide bonds. The zero-order valence-electron chi connectivity index (χ0n) is 36.0. The molecule has 4 nitrogen and oxygen atoms in total. The van der Waals surface area contributed by atoms with Gasteiger partial charge in [-0.2, -0.15) is 0 Å². The maximum absolute atomic E-state index is 7.56. The van der Waals surface area contributed by atoms with Crippen LogP contribution in [0.25, 0.3) is 55.7 Å². The molecule has 5 heteroatoms. The molecule has 2 fully saturated rings. The number of pyridine rings is 3. The van der Waals surface area contributed by atoms with Crippen LogP contribution in [0.4, 0.5) is 0 Å². The van der Waals surface area contributed by atoms with E-state index in [0.717, 1.165) is 51.0 Å². The van der Waals surface area contributed by atoms with E-state index in [1.165, 1.54) is 68.5 Å². The van der Waals surface area contributed by atoms with Crippen molar-refractivity contribution in [1.82, 2.24) is 15.0 Å². The van der Waals surface area contributed by atoms with Crippen molar-refractivity contribution in [3.05, 3.63) is 137 Å². The number of rotatable bonds is 3. The number of benzene rings is 3. The Hall–Kier alpha value is -4.44. The van der Waals surface area contributed by atoms with E-state index in [1.807, 2.05) is 37.3 Å². The minimum Gasteiger partial charge on any atom is -0.486 e. The average molecular weight is 878 g/mol. The van der Waals surface area contributed by atoms with E-state index in [1.54, 1.807) is 29.8 Å². The Labute approximate surface area is 335 Å². The predicted octanol–water partition coefficient (Wildman–Crippen LogP) is 12.2. The van der Waals surface area contributed by atoms with Gasteiger partial charge in [-0.05, 0) is 134 Å². The van der Waals surface area contributed by atoms with Gasteiger partial charge in [0.25, 0.3) is 0 Å². The Kier molecular flexibility index (Phi) is 7.89. The Morgan fingerprint density at radius 1 is 0.792 bits per heavy atom. The summed E-state index contributed by atoms with van der Waals surface area (Å²) in [5.41, 5.74) is 11.7. The smallest absolute Gasteiger partial charge is 0.216 e. The number of nitrogens with zero attached hydrogens (tertiary/aromatic N) is 3. The Balaban J connectivity index is 0.000000171. The first-order valence-corrected chi connectivity index (χ1v) is 18.5. The van der Waals surface area contributed by atoms with Gasteiger partial charge in [-0.15, -0.1) is 53.6 Å². The van der Waals surface area contributed by atoms with E-state index >= 15 is 0 Å². The average Bonchev–Trinajstić information content (AvgIpc) is 3.80. The molecular formula is C48H45IrN3O-2. The van der Waals surface area contributed by atoms with E-state index in [0.29, 0.717) is 28.0 Å². The summed E-state index contributed by atoms with van der Waals surface area (Å²) in [6, 6.07) is 34.1. The number of fused-ring (bicyclic) bond motifs is 8. The van der Waals surface area contributed by atoms with E-state index in [2.05, 4.69) is 64.3 Å². The van der Waals surface area contributed by atoms with Gasteiger partial charge in [0.15, 0.2) is 0 Å². The first kappa shape index (κ1) is 29.0. The third-order valence-electron chi connectivity index (χ3n) is 12.1. The van der Waals surface area contributed by atoms with Crippen LogP contribution in [0.2, 0.25) is 0 Å². The van der Waals surface area contributed by atoms with Crippen LogP contribution in [-0.4, -0.2) is 15.0 Å². The number of hydrogen-bond acceptors (Lipinski definition) is 4. The van der Waals surface area contributed by atoms with Gasteiger partial charge in [0.05, 0.1) is 5.58 Å². The standard InChI is InChI=1S/C30H32N.C18H13N2O.Ir/c1-20-8-13-29(31-19-20)24-6-3-5-21(18-24)22-9-11-25-23(17-22)10-12-27-26(25)14-16-30(2)15-4-7-28(27)30;1-11-6-9-16(19-10-11)15-5-3-4-13-14-8-7-12(2)20-18(14)21-17(13)15;/h3,5,8-9,11,13,17-19,26-28H,4,7,10,12,14-16H2,1-2H3;3-4,6-10H,1-2H3;/q2*-1;/t26-,27-,28+,30+;;/m1../s1/i2*1D3;. The first-order valence-electron chi connectivity index (χ1n) is 21.5. The molecule has 2 saturated carbocycles. The predicted molar refractivity (Wildman–Crippen MR) is 211 cm³/mol. The molecule has 4 aromatic heterocycles. The summed E-state index contributed by atoms with van der Waals surface area (Å²) in [4.78, 5) is 13.1. The van der Waals surface area contributed by atoms with Crippen molar-refractivity contribution in [2.45, 2.75) is 78.4 Å². The van der Waals surface area contributed by atoms with Crippen LogP contribution in [0.1, 0.15) is 87.5 Å². The van der Waals surface area contributed by atoms with Crippen molar-refractivity contribution in [2.75, 3.05) is 0 Å². The number of hydrogen-bond donors (Lipinski definition) is 0. The van der Waals surface area contributed by atoms with Gasteiger partial charge in [0.1, 0.15) is 0 Å². The Morgan fingerprint density at radius 3 is 2.38 bits per heavy atom. The molecule has 7 aromatic rings. The molecular weight excluding hydrogens is 827 g/mol. The summed E-state index contributed by atoms with van der Waals surface area (Å²) in [6.07, 6.45) is 12.4. The van der Waals surface area contributed by atoms with Crippen molar-refractivity contribution < 1.29 is 32.7 Å². The maximum Gasteiger partial charge on any atom is 0.216 e. The van der Waals surface area contributed by atoms with E-state index in [9.17, 15) is 0 Å². The molecule has 0 bridgehead atoms. The number of furan rings is 1. The van der Waals surface area contributed by atoms with Gasteiger partial charge in [0.2, 0.25) is 5.71 Å². The third-order valence-corrected chi connectivity index (χ3v) is 12.1. The van der Waals surface area contributed by atoms with E-state index in [4.69, 9.17) is 12.6 Å². The molecule has 1 radical (unpaired) electrons. The molecule has 4 atom stereocenters. The molecule has 0 unspecified atom stereocenters. The Bertz CT molecular complexity index is 2640. The van der Waals surface area contributed by atoms with Gasteiger partial charge in [0, 0.05) is 51.8 Å². The fourth-order valence-corrected chi connectivity index (χ4v) is 9.55. The molecule has 3 aliphatic rings. The van der Waals surface area contributed by atoms with Crippen LogP contribution in [0.3, 0.4) is 0 Å². The molecule has 53 heavy (non-hydrogen) atoms. The van der Waals surface area contributed by atoms with Crippen molar-refractivity contribution in [2.24, 2.45) is 17.3 Å². The van der Waals surface area contributed by atoms with Crippen LogP contribution in [0, 0.1) is 50.0 Å². The summed E-state index contributed by atoms with van der Waals surface area (Å²) in [6.45, 7) is 0.180. The molecule has 0 saturated heterocycles. The normalized spacial score (nSPS) is 23.7. The SMILES string of the molecule is [2H]C([2H])([2H])c1ccc(-c2[c-]ccc(-c3ccc4c(c3)CC[C@@H]3[C@@H]4CC[C@]4(C)CCC[C@@H]34)c2)nc1.[2H]C([2H])([2H])c1ccc(-c2[c-]ccc3c2oc2nc(C)ccc23)nc1.[Ir]. The second-order valence-electron chi connectivity index (χ2n) is 15.3. The zero-order chi connectivity index (χ0) is 40.4. The van der Waals surface area contributed by atoms with Crippen molar-refractivity contribution in [1.29, 1.82) is 0 Å². The van der Waals surface area contributed by atoms with Crippen LogP contribution >= 0.6 is 0 Å². The van der Waals surface area contributed by atoms with Gasteiger partial charge in [-0.25, -0.2) is 4.98 Å². The first-order chi connectivity index (χ1) is 27.7. The summed E-state index contributed by atoms with van der Waals surface area (Å²) >= 11 is 0. The van der Waals surface area contributed by atoms with E-state index < -0.39 is 13.7 Å². The van der Waals surface area contributed by atoms with Gasteiger partial charge >= 0.3 is 0 Å². The topological polar surface area (TPSA) is 51.8 Å². The number of aryl methyl sites for hydroxylation is 4. The quantitative estimate of drug-likeness (QED) is 0.166. The van der Waals surface area contributed by atoms with Gasteiger partial charge < -0.3 is 14.4 Å². The molecule has 4 heterocycles. The minimum absolute atomic E-state index is 0. The Morgan fingerprint density at radius 2 is 1.58 bits per heavy atom. The molecule has 0 N–H and O–H groups in total. The van der Waals surface area contributed by atoms with Crippen molar-refractivity contribution >= 4 is 22.1 Å². The number of aromatic nitrogens is 3. The van der Waals surface area contributed by atoms with Crippen LogP contribution in [0.5, 0.6) is 0 Å². The maximum atomic E-state index is 7.56. The van der Waals surface area contributed by atoms with Crippen molar-refractivity contribution in [3.8, 4) is 33.6 Å². The summed E-state index contributed by atoms with van der Waals surface area (Å²) < 4.78 is 50.9. The largest absolute Gasteiger partial charge is 0.486 e. The summed E-state index contributed by atoms with van der Waals surface area (Å²) in [5.74, 6) is 2.55. The second-order valence-corrected chi connectivity index (χ2v) is 15.3. The third kappa shape index (κ3) is 6.68. The second kappa shape index (κ2) is 14.4. The summed E-state index contributed by atoms with van der Waals surface area (Å²) in [7, 11) is 0. The van der Waals surface area contributed by atoms with Gasteiger partial charge in [-0.1, -0.05) is 66.8 Å². The van der Waals surface area contributed by atoms with Crippen LogP contribution < -0.4 is 0 Å². The minimum atomic E-state index is -2.16. The fourth-order valence-electron chi connectivity index (χ4n) is 9.55. The zero-order valence-corrected chi connectivity index (χ0v) is 32.4. The molecule has 3 aromatic carbocycles. The fraction of sp³-hybridized carbons (Fsp3) is 0.312. The monoisotopic (exact) mass is 878 g/mol. The molecule has 3 aliphatic carbocycles. The summed E-state index contributed by atoms with van der Waals surface area (Å²) in [5, 5.41) is 1.87. The van der Waals surface area contributed by atoms with E-state index in [-0.39, 0.29) is 31.2 Å². The molecule has 269 valence electrons.